The molecule has 24 heavy (non-hydrogen) atoms. The van der Waals surface area contributed by atoms with Gasteiger partial charge in [0.05, 0.1) is 24.4 Å². The fraction of sp³-hybridized carbons (Fsp3) is 0.389. The van der Waals surface area contributed by atoms with Gasteiger partial charge in [-0.1, -0.05) is 23.7 Å². The number of rotatable bonds is 4. The number of carbonyl (C=O) groups is 1. The summed E-state index contributed by atoms with van der Waals surface area (Å²) in [4.78, 5) is 16.3. The van der Waals surface area contributed by atoms with Gasteiger partial charge in [-0.05, 0) is 25.1 Å². The Bertz CT molecular complexity index is 721. The third kappa shape index (κ3) is 3.57. The van der Waals surface area contributed by atoms with Crippen LogP contribution in [-0.2, 0) is 11.3 Å². The molecule has 6 heteroatoms. The van der Waals surface area contributed by atoms with Crippen molar-refractivity contribution in [3.8, 4) is 0 Å². The highest BCUT2D eigenvalue weighted by atomic mass is 35.5. The molecular formula is C18H21ClN2O3. The van der Waals surface area contributed by atoms with Crippen molar-refractivity contribution in [1.82, 2.24) is 4.90 Å². The van der Waals surface area contributed by atoms with E-state index in [1.165, 1.54) is 7.11 Å². The van der Waals surface area contributed by atoms with Crippen molar-refractivity contribution >= 4 is 23.3 Å². The van der Waals surface area contributed by atoms with E-state index in [-0.39, 0.29) is 5.97 Å². The molecule has 0 aliphatic carbocycles. The Balaban J connectivity index is 1.60. The van der Waals surface area contributed by atoms with Crippen molar-refractivity contribution in [2.45, 2.75) is 13.5 Å². The van der Waals surface area contributed by atoms with Crippen molar-refractivity contribution in [3.63, 3.8) is 0 Å². The highest BCUT2D eigenvalue weighted by Crippen LogP contribution is 2.26. The number of piperazine rings is 1. The number of nitrogens with zero attached hydrogens (tertiary/aromatic N) is 2. The number of anilines is 1. The standard InChI is InChI=1S/C18H21ClN2O3/c1-13-15(18(22)23-2)11-14(24-13)12-20-7-9-21(10-8-20)17-6-4-3-5-16(17)19/h3-6,11H,7-10,12H2,1-2H3. The molecule has 1 aliphatic heterocycles. The lowest BCUT2D eigenvalue weighted by Gasteiger charge is -2.36. The molecule has 0 saturated carbocycles. The summed E-state index contributed by atoms with van der Waals surface area (Å²) in [5.74, 6) is 1.04. The van der Waals surface area contributed by atoms with Gasteiger partial charge < -0.3 is 14.1 Å². The van der Waals surface area contributed by atoms with Crippen molar-refractivity contribution < 1.29 is 13.9 Å². The van der Waals surface area contributed by atoms with Gasteiger partial charge in [-0.3, -0.25) is 4.90 Å². The van der Waals surface area contributed by atoms with E-state index in [1.54, 1.807) is 13.0 Å². The number of para-hydroxylation sites is 1. The molecule has 2 heterocycles. The van der Waals surface area contributed by atoms with Crippen LogP contribution in [0.4, 0.5) is 5.69 Å². The Labute approximate surface area is 146 Å². The van der Waals surface area contributed by atoms with Gasteiger partial charge in [0, 0.05) is 26.2 Å². The van der Waals surface area contributed by atoms with Crippen LogP contribution in [0.3, 0.4) is 0 Å². The maximum Gasteiger partial charge on any atom is 0.341 e. The number of ether oxygens (including phenoxy) is 1. The predicted molar refractivity (Wildman–Crippen MR) is 93.7 cm³/mol. The van der Waals surface area contributed by atoms with Crippen molar-refractivity contribution in [3.05, 3.63) is 52.4 Å². The highest BCUT2D eigenvalue weighted by molar-refractivity contribution is 6.33. The zero-order valence-electron chi connectivity index (χ0n) is 13.9. The lowest BCUT2D eigenvalue weighted by atomic mass is 10.2. The van der Waals surface area contributed by atoms with Crippen LogP contribution in [0, 0.1) is 6.92 Å². The Morgan fingerprint density at radius 3 is 2.62 bits per heavy atom. The zero-order chi connectivity index (χ0) is 17.1. The highest BCUT2D eigenvalue weighted by Gasteiger charge is 2.21. The minimum atomic E-state index is -0.356. The maximum absolute atomic E-state index is 11.7. The van der Waals surface area contributed by atoms with Crippen LogP contribution in [0.1, 0.15) is 21.9 Å². The molecule has 0 unspecified atom stereocenters. The van der Waals surface area contributed by atoms with Crippen molar-refractivity contribution in [2.24, 2.45) is 0 Å². The average molecular weight is 349 g/mol. The molecule has 128 valence electrons. The fourth-order valence-electron chi connectivity index (χ4n) is 3.01. The van der Waals surface area contributed by atoms with Crippen LogP contribution in [0.5, 0.6) is 0 Å². The normalized spacial score (nSPS) is 15.5. The van der Waals surface area contributed by atoms with Crippen molar-refractivity contribution in [2.75, 3.05) is 38.2 Å². The number of hydrogen-bond acceptors (Lipinski definition) is 5. The van der Waals surface area contributed by atoms with E-state index in [2.05, 4.69) is 15.9 Å². The molecule has 3 rings (SSSR count). The third-order valence-corrected chi connectivity index (χ3v) is 4.64. The first-order valence-electron chi connectivity index (χ1n) is 7.98. The molecule has 1 aliphatic rings. The Morgan fingerprint density at radius 1 is 1.25 bits per heavy atom. The Morgan fingerprint density at radius 2 is 1.96 bits per heavy atom. The van der Waals surface area contributed by atoms with Gasteiger partial charge in [-0.15, -0.1) is 0 Å². The van der Waals surface area contributed by atoms with E-state index < -0.39 is 0 Å². The minimum Gasteiger partial charge on any atom is -0.465 e. The number of hydrogen-bond donors (Lipinski definition) is 0. The number of esters is 1. The number of benzene rings is 1. The molecule has 1 saturated heterocycles. The molecule has 0 spiro atoms. The first-order chi connectivity index (χ1) is 11.6. The maximum atomic E-state index is 11.7. The molecule has 0 amide bonds. The molecule has 0 N–H and O–H groups in total. The SMILES string of the molecule is COC(=O)c1cc(CN2CCN(c3ccccc3Cl)CC2)oc1C. The third-order valence-electron chi connectivity index (χ3n) is 4.32. The van der Waals surface area contributed by atoms with E-state index in [0.717, 1.165) is 42.6 Å². The summed E-state index contributed by atoms with van der Waals surface area (Å²) in [6.07, 6.45) is 0. The molecule has 5 nitrogen and oxygen atoms in total. The molecule has 0 atom stereocenters. The van der Waals surface area contributed by atoms with Gasteiger partial charge in [0.25, 0.3) is 0 Å². The van der Waals surface area contributed by atoms with E-state index >= 15 is 0 Å². The van der Waals surface area contributed by atoms with Gasteiger partial charge >= 0.3 is 5.97 Å². The van der Waals surface area contributed by atoms with Gasteiger partial charge in [-0.2, -0.15) is 0 Å². The number of halogens is 1. The van der Waals surface area contributed by atoms with Crippen LogP contribution >= 0.6 is 11.6 Å². The smallest absolute Gasteiger partial charge is 0.341 e. The first-order valence-corrected chi connectivity index (χ1v) is 8.35. The predicted octanol–water partition coefficient (Wildman–Crippen LogP) is 3.35. The molecule has 0 bridgehead atoms. The minimum absolute atomic E-state index is 0.356. The van der Waals surface area contributed by atoms with E-state index in [4.69, 9.17) is 20.8 Å². The average Bonchev–Trinajstić information content (AvgIpc) is 2.96. The topological polar surface area (TPSA) is 45.9 Å². The second-order valence-electron chi connectivity index (χ2n) is 5.89. The van der Waals surface area contributed by atoms with Crippen LogP contribution in [-0.4, -0.2) is 44.2 Å². The first kappa shape index (κ1) is 16.9. The van der Waals surface area contributed by atoms with E-state index in [0.29, 0.717) is 17.9 Å². The number of aryl methyl sites for hydroxylation is 1. The second kappa shape index (κ2) is 7.28. The summed E-state index contributed by atoms with van der Waals surface area (Å²) in [6.45, 7) is 6.12. The summed E-state index contributed by atoms with van der Waals surface area (Å²) < 4.78 is 10.5. The van der Waals surface area contributed by atoms with Crippen LogP contribution in [0.25, 0.3) is 0 Å². The van der Waals surface area contributed by atoms with Crippen LogP contribution < -0.4 is 4.90 Å². The van der Waals surface area contributed by atoms with E-state index in [1.807, 2.05) is 18.2 Å². The lowest BCUT2D eigenvalue weighted by molar-refractivity contribution is 0.0599. The summed E-state index contributed by atoms with van der Waals surface area (Å²) in [7, 11) is 1.38. The van der Waals surface area contributed by atoms with Gasteiger partial charge in [0.2, 0.25) is 0 Å². The number of furan rings is 1. The molecule has 1 aromatic heterocycles. The molecule has 1 fully saturated rings. The van der Waals surface area contributed by atoms with Crippen LogP contribution in [0.15, 0.2) is 34.7 Å². The Hall–Kier alpha value is -1.98. The van der Waals surface area contributed by atoms with Gasteiger partial charge in [0.1, 0.15) is 17.1 Å². The summed E-state index contributed by atoms with van der Waals surface area (Å²) in [5.41, 5.74) is 1.59. The molecule has 2 aromatic rings. The summed E-state index contributed by atoms with van der Waals surface area (Å²) in [5, 5.41) is 0.787. The van der Waals surface area contributed by atoms with Crippen molar-refractivity contribution in [1.29, 1.82) is 0 Å². The second-order valence-corrected chi connectivity index (χ2v) is 6.30. The fourth-order valence-corrected chi connectivity index (χ4v) is 3.26. The Kier molecular flexibility index (Phi) is 5.11. The largest absolute Gasteiger partial charge is 0.465 e. The van der Waals surface area contributed by atoms with Crippen LogP contribution in [0.2, 0.25) is 5.02 Å². The number of carbonyl (C=O) groups excluding carboxylic acids is 1. The summed E-state index contributed by atoms with van der Waals surface area (Å²) >= 11 is 6.27. The summed E-state index contributed by atoms with van der Waals surface area (Å²) in [6, 6.07) is 9.70. The lowest BCUT2D eigenvalue weighted by Crippen LogP contribution is -2.46. The molecule has 1 aromatic carbocycles. The molecular weight excluding hydrogens is 328 g/mol. The van der Waals surface area contributed by atoms with Gasteiger partial charge in [-0.25, -0.2) is 4.79 Å². The monoisotopic (exact) mass is 348 g/mol. The number of methoxy groups -OCH3 is 1. The molecule has 0 radical (unpaired) electrons. The quantitative estimate of drug-likeness (QED) is 0.793. The van der Waals surface area contributed by atoms with Gasteiger partial charge in [0.15, 0.2) is 0 Å². The zero-order valence-corrected chi connectivity index (χ0v) is 14.7. The van der Waals surface area contributed by atoms with E-state index in [9.17, 15) is 4.79 Å².